The van der Waals surface area contributed by atoms with Crippen LogP contribution in [-0.2, 0) is 42.8 Å². The molecular weight excluding hydrogens is 1160 g/mol. The minimum atomic E-state index is -3.08. The van der Waals surface area contributed by atoms with Gasteiger partial charge in [-0.3, -0.25) is 9.59 Å². The van der Waals surface area contributed by atoms with Crippen molar-refractivity contribution in [2.45, 2.75) is 362 Å². The van der Waals surface area contributed by atoms with Crippen molar-refractivity contribution in [2.24, 2.45) is 0 Å². The van der Waals surface area contributed by atoms with Gasteiger partial charge in [0, 0.05) is 19.8 Å². The van der Waals surface area contributed by atoms with Gasteiger partial charge in [0.1, 0.15) is 67.1 Å². The first-order valence-corrected chi connectivity index (χ1v) is 34.6. The van der Waals surface area contributed by atoms with Crippen molar-refractivity contribution in [1.29, 1.82) is 0 Å². The maximum Gasteiger partial charge on any atom is 0.364 e. The van der Waals surface area contributed by atoms with Crippen molar-refractivity contribution in [3.8, 4) is 0 Å². The fourth-order valence-corrected chi connectivity index (χ4v) is 12.2. The highest BCUT2D eigenvalue weighted by Crippen LogP contribution is 2.39. The molecule has 0 aromatic heterocycles. The third-order valence-corrected chi connectivity index (χ3v) is 17.7. The van der Waals surface area contributed by atoms with E-state index in [1.54, 1.807) is 6.08 Å². The second kappa shape index (κ2) is 47.4. The third-order valence-electron chi connectivity index (χ3n) is 17.7. The number of ether oxygens (including phenoxy) is 6. The van der Waals surface area contributed by atoms with Crippen LogP contribution in [0.4, 0.5) is 0 Å². The molecule has 23 heteroatoms. The van der Waals surface area contributed by atoms with Gasteiger partial charge in [-0.15, -0.1) is 0 Å². The van der Waals surface area contributed by atoms with Gasteiger partial charge in [0.25, 0.3) is 5.79 Å². The van der Waals surface area contributed by atoms with Crippen molar-refractivity contribution in [3.05, 3.63) is 12.2 Å². The number of hydrogen-bond acceptors (Lipinski definition) is 20. The van der Waals surface area contributed by atoms with Crippen LogP contribution < -0.4 is 10.6 Å². The zero-order chi connectivity index (χ0) is 65.4. The first-order valence-electron chi connectivity index (χ1n) is 34.6. The number of carbonyl (C=O) groups excluding carboxylic acids is 2. The molecule has 0 bridgehead atoms. The lowest BCUT2D eigenvalue weighted by Gasteiger charge is -2.50. The predicted molar refractivity (Wildman–Crippen MR) is 334 cm³/mol. The normalized spacial score (nSPS) is 28.8. The molecule has 3 fully saturated rings. The minimum Gasteiger partial charge on any atom is -0.477 e. The molecular formula is C66H122N2O21. The summed E-state index contributed by atoms with van der Waals surface area (Å²) < 4.78 is 34.8. The number of carbonyl (C=O) groups is 3. The van der Waals surface area contributed by atoms with Gasteiger partial charge in [-0.2, -0.15) is 0 Å². The molecule has 522 valence electrons. The molecule has 0 aromatic rings. The molecule has 3 aliphatic rings. The number of allylic oxidation sites excluding steroid dienone is 1. The first-order chi connectivity index (χ1) is 42.9. The smallest absolute Gasteiger partial charge is 0.364 e. The summed E-state index contributed by atoms with van der Waals surface area (Å²) in [7, 11) is 0. The number of carboxylic acid groups (broad SMARTS) is 1. The summed E-state index contributed by atoms with van der Waals surface area (Å²) in [6.07, 6.45) is 15.4. The maximum absolute atomic E-state index is 13.4. The molecule has 18 unspecified atom stereocenters. The SMILES string of the molecule is CCCCCCCCCCCCCCCCCC/C=C/C(O)C(COC1OC(CO)C(OC2OC(CO)C(O)C(OC3(C(=O)O)CC(O)C(NC(C)=O)C(C(O)C(O)CO)O3)C2O)C(O)C1O)NC(=O)CCCCCCCCCCCCCCCCCCC. The Morgan fingerprint density at radius 2 is 1.04 bits per heavy atom. The van der Waals surface area contributed by atoms with Crippen LogP contribution in [0.25, 0.3) is 0 Å². The topological polar surface area (TPSA) is 373 Å². The highest BCUT2D eigenvalue weighted by Gasteiger charge is 2.60. The maximum atomic E-state index is 13.4. The number of aliphatic hydroxyl groups is 11. The summed E-state index contributed by atoms with van der Waals surface area (Å²) in [6.45, 7) is 2.15. The number of carboxylic acids is 1. The van der Waals surface area contributed by atoms with Crippen LogP contribution >= 0.6 is 0 Å². The van der Waals surface area contributed by atoms with Crippen LogP contribution in [0.2, 0.25) is 0 Å². The number of amides is 2. The largest absolute Gasteiger partial charge is 0.477 e. The molecule has 23 nitrogen and oxygen atoms in total. The Morgan fingerprint density at radius 1 is 0.584 bits per heavy atom. The van der Waals surface area contributed by atoms with Crippen LogP contribution in [0, 0.1) is 0 Å². The van der Waals surface area contributed by atoms with Gasteiger partial charge in [0.15, 0.2) is 12.6 Å². The van der Waals surface area contributed by atoms with E-state index in [0.29, 0.717) is 12.8 Å². The molecule has 3 aliphatic heterocycles. The first kappa shape index (κ1) is 80.7. The molecule has 18 atom stereocenters. The van der Waals surface area contributed by atoms with Crippen molar-refractivity contribution in [1.82, 2.24) is 10.6 Å². The lowest BCUT2D eigenvalue weighted by Crippen LogP contribution is -2.70. The fourth-order valence-electron chi connectivity index (χ4n) is 12.2. The van der Waals surface area contributed by atoms with E-state index in [1.807, 2.05) is 6.08 Å². The molecule has 3 saturated heterocycles. The Hall–Kier alpha value is -2.53. The zero-order valence-electron chi connectivity index (χ0n) is 54.3. The summed E-state index contributed by atoms with van der Waals surface area (Å²) in [5.74, 6) is -6.14. The predicted octanol–water partition coefficient (Wildman–Crippen LogP) is 5.90. The van der Waals surface area contributed by atoms with Crippen molar-refractivity contribution < 1.29 is 104 Å². The lowest BCUT2D eigenvalue weighted by atomic mass is 9.88. The summed E-state index contributed by atoms with van der Waals surface area (Å²) in [4.78, 5) is 38.5. The van der Waals surface area contributed by atoms with Gasteiger partial charge in [-0.05, 0) is 19.3 Å². The summed E-state index contributed by atoms with van der Waals surface area (Å²) in [5, 5.41) is 136. The van der Waals surface area contributed by atoms with E-state index in [2.05, 4.69) is 24.5 Å². The summed E-state index contributed by atoms with van der Waals surface area (Å²) in [5.41, 5.74) is 0. The Morgan fingerprint density at radius 3 is 1.49 bits per heavy atom. The Bertz CT molecular complexity index is 1860. The molecule has 0 saturated carbocycles. The number of unbranched alkanes of at least 4 members (excludes halogenated alkanes) is 32. The molecule has 89 heavy (non-hydrogen) atoms. The van der Waals surface area contributed by atoms with E-state index < -0.39 is 155 Å². The van der Waals surface area contributed by atoms with Gasteiger partial charge in [-0.25, -0.2) is 4.79 Å². The molecule has 0 aliphatic carbocycles. The summed E-state index contributed by atoms with van der Waals surface area (Å²) >= 11 is 0. The van der Waals surface area contributed by atoms with Crippen molar-refractivity contribution in [2.75, 3.05) is 26.4 Å². The molecule has 0 spiro atoms. The standard InChI is InChI=1S/C66H122N2O21/c1-4-6-8-10-12-14-16-18-20-22-24-25-27-29-31-33-35-37-39-48(73)47(68-53(76)40-38-36-34-32-30-28-26-23-21-19-17-15-13-11-9-7-5-2)45-84-63-58(80)57(79)60(52(44-71)86-63)87-64-59(81)62(56(78)51(43-70)85-64)89-66(65(82)83)41-49(74)54(67-46(3)72)61(88-66)55(77)50(75)42-69/h37,39,47-52,54-64,69-71,73-75,77-81H,4-36,38,40-45H2,1-3H3,(H,67,72)(H,68,76)(H,82,83)/b39-37+. The van der Waals surface area contributed by atoms with E-state index in [1.165, 1.54) is 161 Å². The number of hydrogen-bond donors (Lipinski definition) is 14. The van der Waals surface area contributed by atoms with Crippen LogP contribution in [0.3, 0.4) is 0 Å². The van der Waals surface area contributed by atoms with Gasteiger partial charge >= 0.3 is 5.97 Å². The second-order valence-electron chi connectivity index (χ2n) is 25.4. The molecule has 3 heterocycles. The van der Waals surface area contributed by atoms with Gasteiger partial charge in [0.05, 0.1) is 50.7 Å². The molecule has 14 N–H and O–H groups in total. The molecule has 0 aromatic carbocycles. The van der Waals surface area contributed by atoms with Crippen LogP contribution in [0.5, 0.6) is 0 Å². The minimum absolute atomic E-state index is 0.205. The molecule has 2 amide bonds. The number of aliphatic hydroxyl groups excluding tert-OH is 11. The number of nitrogens with one attached hydrogen (secondary N) is 2. The van der Waals surface area contributed by atoms with Gasteiger partial charge < -0.3 is 100 Å². The molecule has 0 radical (unpaired) electrons. The van der Waals surface area contributed by atoms with Gasteiger partial charge in [-0.1, -0.05) is 225 Å². The van der Waals surface area contributed by atoms with Crippen molar-refractivity contribution in [3.63, 3.8) is 0 Å². The van der Waals surface area contributed by atoms with Crippen LogP contribution in [-0.4, -0.2) is 215 Å². The van der Waals surface area contributed by atoms with E-state index in [9.17, 15) is 75.7 Å². The number of aliphatic carboxylic acids is 1. The Kier molecular flexibility index (Phi) is 43.0. The third kappa shape index (κ3) is 30.2. The number of rotatable bonds is 52. The monoisotopic (exact) mass is 1280 g/mol. The van der Waals surface area contributed by atoms with Crippen LogP contribution in [0.1, 0.15) is 252 Å². The van der Waals surface area contributed by atoms with E-state index in [0.717, 1.165) is 51.9 Å². The quantitative estimate of drug-likeness (QED) is 0.0249. The highest BCUT2D eigenvalue weighted by molar-refractivity contribution is 5.77. The molecule has 3 rings (SSSR count). The van der Waals surface area contributed by atoms with E-state index in [-0.39, 0.29) is 12.3 Å². The summed E-state index contributed by atoms with van der Waals surface area (Å²) in [6, 6.07) is -2.61. The van der Waals surface area contributed by atoms with Gasteiger partial charge in [0.2, 0.25) is 11.8 Å². The van der Waals surface area contributed by atoms with E-state index >= 15 is 0 Å². The van der Waals surface area contributed by atoms with Crippen molar-refractivity contribution >= 4 is 17.8 Å². The van der Waals surface area contributed by atoms with Crippen LogP contribution in [0.15, 0.2) is 12.2 Å². The average Bonchev–Trinajstić information content (AvgIpc) is 1.81. The average molecular weight is 1280 g/mol. The zero-order valence-corrected chi connectivity index (χ0v) is 54.3. The highest BCUT2D eigenvalue weighted by atomic mass is 16.8. The second-order valence-corrected chi connectivity index (χ2v) is 25.4. The Labute approximate surface area is 531 Å². The fraction of sp³-hybridized carbons (Fsp3) is 0.924. The lowest BCUT2D eigenvalue weighted by molar-refractivity contribution is -0.386. The van der Waals surface area contributed by atoms with E-state index in [4.69, 9.17) is 28.4 Å². The Balaban J connectivity index is 1.61.